The Morgan fingerprint density at radius 3 is 2.67 bits per heavy atom. The highest BCUT2D eigenvalue weighted by Crippen LogP contribution is 2.20. The van der Waals surface area contributed by atoms with Crippen LogP contribution < -0.4 is 5.69 Å². The zero-order valence-electron chi connectivity index (χ0n) is 8.46. The van der Waals surface area contributed by atoms with Crippen molar-refractivity contribution in [3.63, 3.8) is 0 Å². The van der Waals surface area contributed by atoms with Gasteiger partial charge in [0.05, 0.1) is 6.54 Å². The zero-order valence-corrected chi connectivity index (χ0v) is 10.1. The summed E-state index contributed by atoms with van der Waals surface area (Å²) in [6, 6.07) is 2.09. The summed E-state index contributed by atoms with van der Waals surface area (Å²) in [5, 5.41) is 5.08. The molecule has 0 fully saturated rings. The van der Waals surface area contributed by atoms with Crippen LogP contribution in [0.25, 0.3) is 0 Å². The van der Waals surface area contributed by atoms with Gasteiger partial charge in [0.2, 0.25) is 0 Å². The monoisotopic (exact) mass is 241 g/mol. The van der Waals surface area contributed by atoms with Crippen molar-refractivity contribution in [3.05, 3.63) is 36.6 Å². The van der Waals surface area contributed by atoms with Crippen molar-refractivity contribution in [2.75, 3.05) is 0 Å². The number of nitrogens with zero attached hydrogens (tertiary/aromatic N) is 1. The minimum Gasteiger partial charge on any atom is -0.272 e. The average Bonchev–Trinajstić information content (AvgIpc) is 2.64. The summed E-state index contributed by atoms with van der Waals surface area (Å²) >= 11 is 6.69. The van der Waals surface area contributed by atoms with Crippen molar-refractivity contribution in [1.29, 1.82) is 0 Å². The third-order valence-corrected chi connectivity index (χ3v) is 3.76. The van der Waals surface area contributed by atoms with Gasteiger partial charge in [-0.1, -0.05) is 0 Å². The molecular formula is C9H11N3OS2. The van der Waals surface area contributed by atoms with Crippen LogP contribution in [0.1, 0.15) is 15.3 Å². The van der Waals surface area contributed by atoms with Crippen molar-refractivity contribution in [3.8, 4) is 0 Å². The molecule has 0 aliphatic rings. The van der Waals surface area contributed by atoms with Crippen LogP contribution >= 0.6 is 23.6 Å². The third-order valence-electron chi connectivity index (χ3n) is 2.30. The number of aromatic nitrogens is 3. The van der Waals surface area contributed by atoms with Crippen molar-refractivity contribution >= 4 is 23.6 Å². The topological polar surface area (TPSA) is 53.6 Å². The number of rotatable bonds is 2. The highest BCUT2D eigenvalue weighted by molar-refractivity contribution is 7.71. The van der Waals surface area contributed by atoms with E-state index in [1.807, 2.05) is 0 Å². The molecule has 2 aromatic heterocycles. The molecular weight excluding hydrogens is 230 g/mol. The Kier molecular flexibility index (Phi) is 2.62. The molecule has 0 unspecified atom stereocenters. The highest BCUT2D eigenvalue weighted by Gasteiger charge is 2.05. The van der Waals surface area contributed by atoms with Gasteiger partial charge in [0.25, 0.3) is 0 Å². The fourth-order valence-corrected chi connectivity index (χ4v) is 2.60. The standard InChI is InChI=1S/C9H11N3OS2/c1-5-3-7(15-6(5)2)4-12-8(13)10-11-9(12)14/h3H,4H2,1-2H3,(H,10,13)(H,11,14). The quantitative estimate of drug-likeness (QED) is 0.790. The number of hydrogen-bond donors (Lipinski definition) is 2. The van der Waals surface area contributed by atoms with Crippen LogP contribution in [-0.2, 0) is 6.54 Å². The molecule has 0 saturated carbocycles. The van der Waals surface area contributed by atoms with Crippen molar-refractivity contribution in [1.82, 2.24) is 14.8 Å². The Bertz CT molecular complexity index is 540. The minimum absolute atomic E-state index is 0.191. The molecule has 0 aromatic carbocycles. The lowest BCUT2D eigenvalue weighted by Gasteiger charge is -1.95. The molecule has 80 valence electrons. The molecule has 2 N–H and O–H groups in total. The van der Waals surface area contributed by atoms with Crippen LogP contribution in [-0.4, -0.2) is 14.8 Å². The second-order valence-electron chi connectivity index (χ2n) is 3.40. The van der Waals surface area contributed by atoms with Gasteiger partial charge in [-0.15, -0.1) is 11.3 Å². The Balaban J connectivity index is 2.37. The summed E-state index contributed by atoms with van der Waals surface area (Å²) in [5.41, 5.74) is 1.07. The van der Waals surface area contributed by atoms with Gasteiger partial charge in [0.1, 0.15) is 0 Å². The van der Waals surface area contributed by atoms with E-state index in [4.69, 9.17) is 12.2 Å². The molecule has 0 aliphatic heterocycles. The van der Waals surface area contributed by atoms with Crippen molar-refractivity contribution in [2.45, 2.75) is 20.4 Å². The summed E-state index contributed by atoms with van der Waals surface area (Å²) in [5.74, 6) is 0. The van der Waals surface area contributed by atoms with E-state index in [0.717, 1.165) is 4.88 Å². The lowest BCUT2D eigenvalue weighted by Crippen LogP contribution is -2.16. The van der Waals surface area contributed by atoms with Gasteiger partial charge in [-0.05, 0) is 37.7 Å². The van der Waals surface area contributed by atoms with E-state index in [2.05, 4.69) is 30.1 Å². The SMILES string of the molecule is Cc1cc(Cn2c(=O)[nH][nH]c2=S)sc1C. The van der Waals surface area contributed by atoms with Gasteiger partial charge >= 0.3 is 5.69 Å². The molecule has 15 heavy (non-hydrogen) atoms. The van der Waals surface area contributed by atoms with Crippen LogP contribution in [0.3, 0.4) is 0 Å². The molecule has 0 bridgehead atoms. The van der Waals surface area contributed by atoms with E-state index in [9.17, 15) is 4.79 Å². The smallest absolute Gasteiger partial charge is 0.272 e. The minimum atomic E-state index is -0.191. The maximum atomic E-state index is 11.4. The molecule has 2 aromatic rings. The van der Waals surface area contributed by atoms with Crippen LogP contribution in [0.4, 0.5) is 0 Å². The van der Waals surface area contributed by atoms with Gasteiger partial charge in [-0.25, -0.2) is 9.89 Å². The second kappa shape index (κ2) is 3.79. The maximum Gasteiger partial charge on any atom is 0.342 e. The van der Waals surface area contributed by atoms with Crippen LogP contribution in [0.2, 0.25) is 0 Å². The highest BCUT2D eigenvalue weighted by atomic mass is 32.1. The third kappa shape index (κ3) is 1.95. The number of hydrogen-bond acceptors (Lipinski definition) is 3. The molecule has 0 amide bonds. The Labute approximate surface area is 95.6 Å². The zero-order chi connectivity index (χ0) is 11.0. The van der Waals surface area contributed by atoms with E-state index >= 15 is 0 Å². The molecule has 2 rings (SSSR count). The van der Waals surface area contributed by atoms with Gasteiger partial charge in [0.15, 0.2) is 4.77 Å². The van der Waals surface area contributed by atoms with Crippen LogP contribution in [0, 0.1) is 18.6 Å². The van der Waals surface area contributed by atoms with Gasteiger partial charge in [-0.2, -0.15) is 0 Å². The average molecular weight is 241 g/mol. The van der Waals surface area contributed by atoms with Crippen LogP contribution in [0.5, 0.6) is 0 Å². The second-order valence-corrected chi connectivity index (χ2v) is 5.13. The molecule has 2 heterocycles. The fourth-order valence-electron chi connectivity index (χ4n) is 1.36. The Morgan fingerprint density at radius 2 is 2.20 bits per heavy atom. The summed E-state index contributed by atoms with van der Waals surface area (Å²) < 4.78 is 1.95. The number of H-pyrrole nitrogens is 2. The lowest BCUT2D eigenvalue weighted by atomic mass is 10.3. The number of thiophene rings is 1. The van der Waals surface area contributed by atoms with Gasteiger partial charge in [0, 0.05) is 9.75 Å². The number of nitrogens with one attached hydrogen (secondary N) is 2. The predicted octanol–water partition coefficient (Wildman–Crippen LogP) is 1.96. The Morgan fingerprint density at radius 1 is 1.47 bits per heavy atom. The number of aromatic amines is 2. The maximum absolute atomic E-state index is 11.4. The summed E-state index contributed by atoms with van der Waals surface area (Å²) in [6.45, 7) is 4.68. The van der Waals surface area contributed by atoms with Gasteiger partial charge < -0.3 is 0 Å². The molecule has 0 spiro atoms. The largest absolute Gasteiger partial charge is 0.342 e. The molecule has 0 atom stereocenters. The van der Waals surface area contributed by atoms with E-state index in [0.29, 0.717) is 11.3 Å². The summed E-state index contributed by atoms with van der Waals surface area (Å²) in [4.78, 5) is 13.8. The van der Waals surface area contributed by atoms with E-state index in [1.54, 1.807) is 11.3 Å². The lowest BCUT2D eigenvalue weighted by molar-refractivity contribution is 0.761. The molecule has 6 heteroatoms. The van der Waals surface area contributed by atoms with Crippen molar-refractivity contribution < 1.29 is 0 Å². The van der Waals surface area contributed by atoms with E-state index in [-0.39, 0.29) is 5.69 Å². The molecule has 4 nitrogen and oxygen atoms in total. The molecule has 0 aliphatic carbocycles. The number of aryl methyl sites for hydroxylation is 2. The van der Waals surface area contributed by atoms with Crippen LogP contribution in [0.15, 0.2) is 10.9 Å². The first kappa shape index (κ1) is 10.4. The first-order chi connectivity index (χ1) is 7.08. The van der Waals surface area contributed by atoms with E-state index in [1.165, 1.54) is 15.0 Å². The summed E-state index contributed by atoms with van der Waals surface area (Å²) in [6.07, 6.45) is 0. The first-order valence-corrected chi connectivity index (χ1v) is 5.74. The normalized spacial score (nSPS) is 10.8. The van der Waals surface area contributed by atoms with Gasteiger partial charge in [-0.3, -0.25) is 9.67 Å². The first-order valence-electron chi connectivity index (χ1n) is 4.51. The summed E-state index contributed by atoms with van der Waals surface area (Å²) in [7, 11) is 0. The molecule has 0 radical (unpaired) electrons. The fraction of sp³-hybridized carbons (Fsp3) is 0.333. The van der Waals surface area contributed by atoms with E-state index < -0.39 is 0 Å². The predicted molar refractivity (Wildman–Crippen MR) is 63.1 cm³/mol. The Hall–Kier alpha value is -1.14. The molecule has 0 saturated heterocycles. The van der Waals surface area contributed by atoms with Crippen molar-refractivity contribution in [2.24, 2.45) is 0 Å².